The molecule has 0 bridgehead atoms. The van der Waals surface area contributed by atoms with Crippen molar-refractivity contribution in [2.75, 3.05) is 44.3 Å². The van der Waals surface area contributed by atoms with Crippen LogP contribution in [-0.4, -0.2) is 68.8 Å². The van der Waals surface area contributed by atoms with Crippen LogP contribution in [0.15, 0.2) is 0 Å². The van der Waals surface area contributed by atoms with Gasteiger partial charge in [0.25, 0.3) is 0 Å². The predicted molar refractivity (Wildman–Crippen MR) is 73.5 cm³/mol. The molecular formula is C12H26N2O3S. The minimum Gasteiger partial charge on any atom is -0.395 e. The van der Waals surface area contributed by atoms with E-state index in [4.69, 9.17) is 5.11 Å². The molecule has 0 amide bonds. The zero-order valence-electron chi connectivity index (χ0n) is 11.3. The summed E-state index contributed by atoms with van der Waals surface area (Å²) in [5, 5.41) is 12.4. The van der Waals surface area contributed by atoms with Gasteiger partial charge in [0.1, 0.15) is 0 Å². The Morgan fingerprint density at radius 3 is 2.67 bits per heavy atom. The van der Waals surface area contributed by atoms with E-state index in [0.717, 1.165) is 19.5 Å². The molecule has 0 saturated carbocycles. The molecule has 2 N–H and O–H groups in total. The van der Waals surface area contributed by atoms with E-state index in [1.807, 2.05) is 6.92 Å². The predicted octanol–water partition coefficient (Wildman–Crippen LogP) is -0.142. The molecule has 0 aromatic heterocycles. The van der Waals surface area contributed by atoms with Gasteiger partial charge in [-0.25, -0.2) is 8.42 Å². The number of sulfone groups is 1. The quantitative estimate of drug-likeness (QED) is 0.614. The molecule has 6 heteroatoms. The SMILES string of the molecule is CCCS(=O)(=O)CCN(CCO)CC1CCCN1. The second-order valence-electron chi connectivity index (χ2n) is 4.97. The Bertz CT molecular complexity index is 313. The Labute approximate surface area is 110 Å². The molecule has 5 nitrogen and oxygen atoms in total. The van der Waals surface area contributed by atoms with E-state index in [9.17, 15) is 8.42 Å². The number of hydrogen-bond acceptors (Lipinski definition) is 5. The van der Waals surface area contributed by atoms with Gasteiger partial charge in [-0.2, -0.15) is 0 Å². The highest BCUT2D eigenvalue weighted by Gasteiger charge is 2.19. The van der Waals surface area contributed by atoms with Gasteiger partial charge in [-0.15, -0.1) is 0 Å². The summed E-state index contributed by atoms with van der Waals surface area (Å²) < 4.78 is 23.3. The Morgan fingerprint density at radius 1 is 1.33 bits per heavy atom. The first kappa shape index (κ1) is 15.9. The normalized spacial score (nSPS) is 20.7. The summed E-state index contributed by atoms with van der Waals surface area (Å²) >= 11 is 0. The lowest BCUT2D eigenvalue weighted by Crippen LogP contribution is -2.41. The molecule has 0 spiro atoms. The molecule has 18 heavy (non-hydrogen) atoms. The van der Waals surface area contributed by atoms with Crippen LogP contribution in [0.1, 0.15) is 26.2 Å². The first-order valence-corrected chi connectivity index (χ1v) is 8.66. The number of aliphatic hydroxyl groups excluding tert-OH is 1. The molecule has 1 aliphatic rings. The van der Waals surface area contributed by atoms with Gasteiger partial charge < -0.3 is 10.4 Å². The van der Waals surface area contributed by atoms with E-state index < -0.39 is 9.84 Å². The Hall–Kier alpha value is -0.170. The lowest BCUT2D eigenvalue weighted by atomic mass is 10.2. The maximum Gasteiger partial charge on any atom is 0.151 e. The van der Waals surface area contributed by atoms with E-state index in [1.54, 1.807) is 0 Å². The summed E-state index contributed by atoms with van der Waals surface area (Å²) in [6, 6.07) is 0.449. The largest absolute Gasteiger partial charge is 0.395 e. The Kier molecular flexibility index (Phi) is 7.14. The molecule has 1 fully saturated rings. The van der Waals surface area contributed by atoms with Gasteiger partial charge in [-0.05, 0) is 25.8 Å². The zero-order valence-corrected chi connectivity index (χ0v) is 12.1. The highest BCUT2D eigenvalue weighted by molar-refractivity contribution is 7.91. The minimum atomic E-state index is -2.92. The van der Waals surface area contributed by atoms with Crippen molar-refractivity contribution >= 4 is 9.84 Å². The zero-order chi connectivity index (χ0) is 13.4. The van der Waals surface area contributed by atoms with Gasteiger partial charge in [0.15, 0.2) is 9.84 Å². The molecule has 108 valence electrons. The van der Waals surface area contributed by atoms with Crippen molar-refractivity contribution in [1.29, 1.82) is 0 Å². The second-order valence-corrected chi connectivity index (χ2v) is 7.27. The van der Waals surface area contributed by atoms with Crippen LogP contribution >= 0.6 is 0 Å². The van der Waals surface area contributed by atoms with Crippen molar-refractivity contribution in [3.63, 3.8) is 0 Å². The second kappa shape index (κ2) is 8.09. The molecule has 0 aromatic carbocycles. The first-order valence-electron chi connectivity index (χ1n) is 6.84. The fraction of sp³-hybridized carbons (Fsp3) is 1.00. The molecule has 1 aliphatic heterocycles. The highest BCUT2D eigenvalue weighted by atomic mass is 32.2. The number of nitrogens with zero attached hydrogens (tertiary/aromatic N) is 1. The van der Waals surface area contributed by atoms with Crippen molar-refractivity contribution < 1.29 is 13.5 Å². The summed E-state index contributed by atoms with van der Waals surface area (Å²) in [6.45, 7) is 4.93. The van der Waals surface area contributed by atoms with Crippen LogP contribution in [0.2, 0.25) is 0 Å². The van der Waals surface area contributed by atoms with Gasteiger partial charge in [-0.3, -0.25) is 4.90 Å². The van der Waals surface area contributed by atoms with Crippen LogP contribution in [-0.2, 0) is 9.84 Å². The molecule has 0 radical (unpaired) electrons. The maximum absolute atomic E-state index is 11.7. The van der Waals surface area contributed by atoms with Crippen molar-refractivity contribution in [1.82, 2.24) is 10.2 Å². The third kappa shape index (κ3) is 6.13. The van der Waals surface area contributed by atoms with Gasteiger partial charge in [-0.1, -0.05) is 6.92 Å². The summed E-state index contributed by atoms with van der Waals surface area (Å²) in [5.74, 6) is 0.467. The number of rotatable bonds is 9. The molecule has 1 unspecified atom stereocenters. The van der Waals surface area contributed by atoms with Gasteiger partial charge in [0, 0.05) is 31.4 Å². The molecular weight excluding hydrogens is 252 g/mol. The topological polar surface area (TPSA) is 69.6 Å². The summed E-state index contributed by atoms with van der Waals surface area (Å²) in [4.78, 5) is 2.05. The van der Waals surface area contributed by atoms with Crippen LogP contribution in [0.5, 0.6) is 0 Å². The van der Waals surface area contributed by atoms with E-state index in [2.05, 4.69) is 10.2 Å². The molecule has 1 saturated heterocycles. The molecule has 1 atom stereocenters. The van der Waals surface area contributed by atoms with Gasteiger partial charge >= 0.3 is 0 Å². The molecule has 1 rings (SSSR count). The van der Waals surface area contributed by atoms with E-state index in [-0.39, 0.29) is 18.1 Å². The lowest BCUT2D eigenvalue weighted by molar-refractivity contribution is 0.192. The van der Waals surface area contributed by atoms with Gasteiger partial charge in [0.2, 0.25) is 0 Å². The summed E-state index contributed by atoms with van der Waals surface area (Å²) in [6.07, 6.45) is 3.00. The number of nitrogens with one attached hydrogen (secondary N) is 1. The van der Waals surface area contributed by atoms with E-state index in [1.165, 1.54) is 6.42 Å². The average molecular weight is 278 g/mol. The van der Waals surface area contributed by atoms with Crippen molar-refractivity contribution in [3.05, 3.63) is 0 Å². The minimum absolute atomic E-state index is 0.0839. The standard InChI is InChI=1S/C12H26N2O3S/c1-2-9-18(16,17)10-7-14(6-8-15)11-12-4-3-5-13-12/h12-13,15H,2-11H2,1H3. The molecule has 0 aromatic rings. The Morgan fingerprint density at radius 2 is 2.11 bits per heavy atom. The monoisotopic (exact) mass is 278 g/mol. The van der Waals surface area contributed by atoms with Crippen LogP contribution < -0.4 is 5.32 Å². The van der Waals surface area contributed by atoms with Crippen LogP contribution in [0.25, 0.3) is 0 Å². The third-order valence-electron chi connectivity index (χ3n) is 3.29. The number of hydrogen-bond donors (Lipinski definition) is 2. The average Bonchev–Trinajstić information content (AvgIpc) is 2.79. The third-order valence-corrected chi connectivity index (χ3v) is 5.13. The highest BCUT2D eigenvalue weighted by Crippen LogP contribution is 2.07. The first-order chi connectivity index (χ1) is 8.57. The van der Waals surface area contributed by atoms with Crippen LogP contribution in [0, 0.1) is 0 Å². The molecule has 0 aliphatic carbocycles. The smallest absolute Gasteiger partial charge is 0.151 e. The lowest BCUT2D eigenvalue weighted by Gasteiger charge is -2.24. The van der Waals surface area contributed by atoms with Crippen LogP contribution in [0.4, 0.5) is 0 Å². The maximum atomic E-state index is 11.7. The van der Waals surface area contributed by atoms with E-state index >= 15 is 0 Å². The fourth-order valence-corrected chi connectivity index (χ4v) is 3.70. The summed E-state index contributed by atoms with van der Waals surface area (Å²) in [7, 11) is -2.92. The van der Waals surface area contributed by atoms with E-state index in [0.29, 0.717) is 25.6 Å². The van der Waals surface area contributed by atoms with Crippen molar-refractivity contribution in [2.24, 2.45) is 0 Å². The van der Waals surface area contributed by atoms with Crippen molar-refractivity contribution in [2.45, 2.75) is 32.2 Å². The Balaban J connectivity index is 2.36. The fourth-order valence-electron chi connectivity index (χ4n) is 2.34. The number of aliphatic hydroxyl groups is 1. The van der Waals surface area contributed by atoms with Crippen molar-refractivity contribution in [3.8, 4) is 0 Å². The van der Waals surface area contributed by atoms with Crippen LogP contribution in [0.3, 0.4) is 0 Å². The summed E-state index contributed by atoms with van der Waals surface area (Å²) in [5.41, 5.74) is 0. The van der Waals surface area contributed by atoms with Gasteiger partial charge in [0.05, 0.1) is 12.4 Å². The molecule has 1 heterocycles.